The zero-order chi connectivity index (χ0) is 38.3. The van der Waals surface area contributed by atoms with E-state index in [0.717, 1.165) is 28.8 Å². The summed E-state index contributed by atoms with van der Waals surface area (Å²) in [6.07, 6.45) is 3.01. The highest BCUT2D eigenvalue weighted by Crippen LogP contribution is 2.72. The lowest BCUT2D eigenvalue weighted by Gasteiger charge is -2.67. The van der Waals surface area contributed by atoms with Crippen molar-refractivity contribution in [1.29, 1.82) is 0 Å². The number of aliphatic hydroxyl groups is 1. The van der Waals surface area contributed by atoms with Gasteiger partial charge in [-0.05, 0) is 74.3 Å². The fourth-order valence-corrected chi connectivity index (χ4v) is 11.8. The Morgan fingerprint density at radius 1 is 0.855 bits per heavy atom. The van der Waals surface area contributed by atoms with Gasteiger partial charge in [-0.1, -0.05) is 92.7 Å². The molecule has 0 radical (unpaired) electrons. The molecule has 11 heteroatoms. The molecule has 7 atom stereocenters. The third-order valence-corrected chi connectivity index (χ3v) is 15.0. The first kappa shape index (κ1) is 37.2. The molecule has 5 aliphatic rings. The van der Waals surface area contributed by atoms with Crippen molar-refractivity contribution in [1.82, 2.24) is 4.98 Å². The number of carbonyl (C=O) groups excluding carboxylic acids is 1. The van der Waals surface area contributed by atoms with Crippen LogP contribution in [0.2, 0.25) is 0 Å². The molecule has 1 spiro atoms. The van der Waals surface area contributed by atoms with Crippen molar-refractivity contribution in [2.75, 3.05) is 13.2 Å². The van der Waals surface area contributed by atoms with Crippen LogP contribution in [0.3, 0.4) is 0 Å². The van der Waals surface area contributed by atoms with Gasteiger partial charge in [0.25, 0.3) is 0 Å². The first-order valence-electron chi connectivity index (χ1n) is 19.5. The van der Waals surface area contributed by atoms with Gasteiger partial charge in [-0.3, -0.25) is 18.4 Å². The third kappa shape index (κ3) is 5.71. The number of aromatic amines is 1. The van der Waals surface area contributed by atoms with Gasteiger partial charge in [0.05, 0.1) is 25.9 Å². The van der Waals surface area contributed by atoms with E-state index in [1.165, 1.54) is 10.9 Å². The first-order valence-corrected chi connectivity index (χ1v) is 21.0. The molecule has 290 valence electrons. The molecule has 2 saturated carbocycles. The van der Waals surface area contributed by atoms with E-state index in [2.05, 4.69) is 37.0 Å². The Balaban J connectivity index is 0.981. The number of phosphoric acid groups is 1. The lowest BCUT2D eigenvalue weighted by atomic mass is 9.41. The Labute approximate surface area is 322 Å². The molecule has 2 aliphatic heterocycles. The van der Waals surface area contributed by atoms with Gasteiger partial charge in [-0.2, -0.15) is 0 Å². The highest BCUT2D eigenvalue weighted by atomic mass is 31.2. The van der Waals surface area contributed by atoms with Gasteiger partial charge in [0.2, 0.25) is 0 Å². The van der Waals surface area contributed by atoms with E-state index in [9.17, 15) is 14.5 Å². The maximum absolute atomic E-state index is 13.9. The standard InChI is InChI=1S/C44H50NO9P/c1-40(2)39-35(46)26-36-43(53-39,54-40)21-20-41(3)42(4)31(24-33-32-18-11-12-19-34(32)45-38(33)42)25-37(44(36,41)47)49-22-13-23-50-55(48,51-27-29-14-7-5-8-15-29)52-28-30-16-9-6-10-17-30/h5-12,14-19,26,31,37,39,45,47H,13,20-25,27-28H2,1-4H3/t31-,37+,39+,41-,42-,43+,44+/m1/s1. The number of nitrogens with one attached hydrogen (secondary N) is 1. The van der Waals surface area contributed by atoms with E-state index in [4.69, 9.17) is 27.8 Å². The minimum Gasteiger partial charge on any atom is -0.382 e. The number of rotatable bonds is 12. The van der Waals surface area contributed by atoms with Crippen LogP contribution in [0.5, 0.6) is 0 Å². The number of H-pyrrole nitrogens is 1. The van der Waals surface area contributed by atoms with Crippen LogP contribution in [0.4, 0.5) is 0 Å². The van der Waals surface area contributed by atoms with Crippen LogP contribution in [0.1, 0.15) is 75.8 Å². The maximum Gasteiger partial charge on any atom is 0.475 e. The Kier molecular flexibility index (Phi) is 9.00. The number of aromatic nitrogens is 1. The fourth-order valence-electron chi connectivity index (χ4n) is 10.6. The molecular weight excluding hydrogens is 717 g/mol. The average Bonchev–Trinajstić information content (AvgIpc) is 3.77. The molecule has 3 fully saturated rings. The summed E-state index contributed by atoms with van der Waals surface area (Å²) in [5, 5.41) is 14.8. The Morgan fingerprint density at radius 2 is 1.51 bits per heavy atom. The predicted octanol–water partition coefficient (Wildman–Crippen LogP) is 8.27. The van der Waals surface area contributed by atoms with E-state index < -0.39 is 47.8 Å². The second-order valence-corrected chi connectivity index (χ2v) is 18.6. The van der Waals surface area contributed by atoms with Crippen molar-refractivity contribution in [2.24, 2.45) is 11.3 Å². The van der Waals surface area contributed by atoms with Crippen LogP contribution in [-0.2, 0) is 62.2 Å². The van der Waals surface area contributed by atoms with Gasteiger partial charge in [-0.25, -0.2) is 4.57 Å². The van der Waals surface area contributed by atoms with Crippen LogP contribution >= 0.6 is 7.82 Å². The molecule has 55 heavy (non-hydrogen) atoms. The van der Waals surface area contributed by atoms with Gasteiger partial charge in [0, 0.05) is 46.0 Å². The third-order valence-electron chi connectivity index (χ3n) is 13.6. The van der Waals surface area contributed by atoms with Gasteiger partial charge in [0.15, 0.2) is 17.7 Å². The first-order chi connectivity index (χ1) is 26.3. The minimum absolute atomic E-state index is 0.0359. The van der Waals surface area contributed by atoms with Crippen LogP contribution in [0.25, 0.3) is 10.9 Å². The second kappa shape index (κ2) is 13.3. The number of benzene rings is 3. The zero-order valence-corrected chi connectivity index (χ0v) is 32.8. The number of hydrogen-bond acceptors (Lipinski definition) is 9. The summed E-state index contributed by atoms with van der Waals surface area (Å²) < 4.78 is 51.5. The zero-order valence-electron chi connectivity index (χ0n) is 31.9. The van der Waals surface area contributed by atoms with Crippen molar-refractivity contribution in [3.8, 4) is 0 Å². The summed E-state index contributed by atoms with van der Waals surface area (Å²) in [5.74, 6) is -1.28. The molecule has 1 aromatic heterocycles. The quantitative estimate of drug-likeness (QED) is 0.108. The van der Waals surface area contributed by atoms with Crippen molar-refractivity contribution in [3.63, 3.8) is 0 Å². The van der Waals surface area contributed by atoms with Crippen molar-refractivity contribution in [2.45, 2.75) is 108 Å². The SMILES string of the molecule is CC1(C)O[C@@]23CC[C@]4(C)[C@@]5(C)c6[nH]c7ccccc7c6C[C@@H]5C[C@H](OCCCOP(=O)(OCc5ccccc5)OCc5ccccc5)[C@@]4(O)C2=CC(=O)[C@@H]1O3. The van der Waals surface area contributed by atoms with E-state index in [-0.39, 0.29) is 38.1 Å². The van der Waals surface area contributed by atoms with Crippen molar-refractivity contribution in [3.05, 3.63) is 119 Å². The summed E-state index contributed by atoms with van der Waals surface area (Å²) >= 11 is 0. The Bertz CT molecular complexity index is 2140. The fraction of sp³-hybridized carbons (Fsp3) is 0.477. The monoisotopic (exact) mass is 767 g/mol. The molecule has 0 unspecified atom stereocenters. The highest BCUT2D eigenvalue weighted by Gasteiger charge is 2.78. The van der Waals surface area contributed by atoms with E-state index >= 15 is 0 Å². The number of para-hydroxylation sites is 1. The summed E-state index contributed by atoms with van der Waals surface area (Å²) in [4.78, 5) is 17.5. The number of hydrogen-bond donors (Lipinski definition) is 2. The van der Waals surface area contributed by atoms with Crippen LogP contribution in [-0.4, -0.2) is 58.3 Å². The highest BCUT2D eigenvalue weighted by molar-refractivity contribution is 7.48. The lowest BCUT2D eigenvalue weighted by Crippen LogP contribution is -2.74. The molecule has 2 N–H and O–H groups in total. The van der Waals surface area contributed by atoms with Gasteiger partial charge in [0.1, 0.15) is 11.2 Å². The number of ketones is 1. The van der Waals surface area contributed by atoms with Gasteiger partial charge < -0.3 is 24.3 Å². The summed E-state index contributed by atoms with van der Waals surface area (Å²) in [6.45, 7) is 8.56. The second-order valence-electron chi connectivity index (χ2n) is 16.9. The van der Waals surface area contributed by atoms with Crippen LogP contribution in [0.15, 0.2) is 96.6 Å². The van der Waals surface area contributed by atoms with E-state index in [0.29, 0.717) is 31.3 Å². The molecule has 3 aliphatic carbocycles. The number of phosphoric ester groups is 1. The molecule has 1 saturated heterocycles. The average molecular weight is 768 g/mol. The van der Waals surface area contributed by atoms with Gasteiger partial charge in [-0.15, -0.1) is 0 Å². The van der Waals surface area contributed by atoms with Crippen molar-refractivity contribution < 1.29 is 42.2 Å². The van der Waals surface area contributed by atoms with Gasteiger partial charge >= 0.3 is 7.82 Å². The summed E-state index contributed by atoms with van der Waals surface area (Å²) in [6, 6.07) is 27.3. The largest absolute Gasteiger partial charge is 0.475 e. The topological polar surface area (TPSA) is 126 Å². The van der Waals surface area contributed by atoms with E-state index in [1.54, 1.807) is 6.08 Å². The van der Waals surface area contributed by atoms with Crippen molar-refractivity contribution >= 4 is 24.5 Å². The molecule has 3 aromatic carbocycles. The molecule has 2 bridgehead atoms. The van der Waals surface area contributed by atoms with Crippen LogP contribution < -0.4 is 0 Å². The van der Waals surface area contributed by atoms with Crippen LogP contribution in [0, 0.1) is 11.3 Å². The minimum atomic E-state index is -3.98. The smallest absolute Gasteiger partial charge is 0.382 e. The molecule has 3 heterocycles. The molecular formula is C44H50NO9P. The summed E-state index contributed by atoms with van der Waals surface area (Å²) in [5.41, 5.74) is 1.94. The summed E-state index contributed by atoms with van der Waals surface area (Å²) in [7, 11) is -3.98. The number of fused-ring (bicyclic) bond motifs is 9. The molecule has 4 aromatic rings. The maximum atomic E-state index is 13.9. The lowest BCUT2D eigenvalue weighted by molar-refractivity contribution is -0.280. The molecule has 0 amide bonds. The number of ether oxygens (including phenoxy) is 3. The van der Waals surface area contributed by atoms with E-state index in [1.807, 2.05) is 80.6 Å². The Hall–Kier alpha value is -3.44. The Morgan fingerprint density at radius 3 is 2.20 bits per heavy atom. The number of carbonyl (C=O) groups is 1. The normalized spacial score (nSPS) is 33.1. The molecule has 10 nitrogen and oxygen atoms in total. The predicted molar refractivity (Wildman–Crippen MR) is 206 cm³/mol. The molecule has 9 rings (SSSR count).